The monoisotopic (exact) mass is 476 g/mol. The van der Waals surface area contributed by atoms with Crippen LogP contribution in [0.3, 0.4) is 0 Å². The van der Waals surface area contributed by atoms with Crippen molar-refractivity contribution in [1.29, 1.82) is 0 Å². The third-order valence-electron chi connectivity index (χ3n) is 3.71. The number of benzene rings is 1. The molecule has 1 aromatic carbocycles. The van der Waals surface area contributed by atoms with Crippen molar-refractivity contribution in [2.24, 2.45) is 0 Å². The van der Waals surface area contributed by atoms with Crippen molar-refractivity contribution in [3.63, 3.8) is 0 Å². The summed E-state index contributed by atoms with van der Waals surface area (Å²) < 4.78 is 16.4. The molecular weight excluding hydrogens is 460 g/mol. The Morgan fingerprint density at radius 2 is 2.07 bits per heavy atom. The Bertz CT molecular complexity index is 1040. The Morgan fingerprint density at radius 3 is 2.76 bits per heavy atom. The smallest absolute Gasteiger partial charge is 0.331 e. The molecule has 0 unspecified atom stereocenters. The molecule has 0 radical (unpaired) electrons. The van der Waals surface area contributed by atoms with Crippen LogP contribution in [-0.4, -0.2) is 24.0 Å². The van der Waals surface area contributed by atoms with Crippen LogP contribution in [0.2, 0.25) is 0 Å². The van der Waals surface area contributed by atoms with E-state index >= 15 is 0 Å². The van der Waals surface area contributed by atoms with Crippen molar-refractivity contribution in [3.05, 3.63) is 64.0 Å². The van der Waals surface area contributed by atoms with E-state index in [-0.39, 0.29) is 12.5 Å². The second kappa shape index (κ2) is 9.53. The largest absolute Gasteiger partial charge is 0.495 e. The highest BCUT2D eigenvalue weighted by molar-refractivity contribution is 9.10. The number of furan rings is 1. The first kappa shape index (κ1) is 20.8. The maximum atomic E-state index is 12.2. The number of halogens is 1. The van der Waals surface area contributed by atoms with E-state index in [1.807, 2.05) is 12.1 Å². The number of amides is 1. The summed E-state index contributed by atoms with van der Waals surface area (Å²) in [5, 5.41) is 2.20. The molecule has 0 aliphatic heterocycles. The van der Waals surface area contributed by atoms with E-state index < -0.39 is 5.97 Å². The molecule has 0 aliphatic rings. The van der Waals surface area contributed by atoms with Gasteiger partial charge in [-0.05, 0) is 46.3 Å². The van der Waals surface area contributed by atoms with E-state index in [2.05, 4.69) is 20.9 Å². The van der Waals surface area contributed by atoms with E-state index in [4.69, 9.17) is 13.9 Å². The van der Waals surface area contributed by atoms with E-state index in [1.165, 1.54) is 35.3 Å². The number of nitrogens with zero attached hydrogens (tertiary/aromatic N) is 2. The third kappa shape index (κ3) is 5.33. The summed E-state index contributed by atoms with van der Waals surface area (Å²) in [6, 6.07) is 10.6. The van der Waals surface area contributed by atoms with E-state index in [0.29, 0.717) is 32.7 Å². The van der Waals surface area contributed by atoms with Gasteiger partial charge >= 0.3 is 5.97 Å². The molecule has 3 rings (SSSR count). The molecule has 29 heavy (non-hydrogen) atoms. The number of thiazole rings is 1. The topological polar surface area (TPSA) is 81.9 Å². The third-order valence-corrected chi connectivity index (χ3v) is 5.01. The average molecular weight is 477 g/mol. The molecule has 150 valence electrons. The molecule has 0 spiro atoms. The lowest BCUT2D eigenvalue weighted by atomic mass is 10.2. The lowest BCUT2D eigenvalue weighted by Crippen LogP contribution is -2.23. The SMILES string of the molecule is COc1ccccc1N(C(C)=O)c1nc(COC(=O)/C=C/c2ccc(Br)o2)cs1. The number of hydrogen-bond donors (Lipinski definition) is 0. The Balaban J connectivity index is 1.68. The van der Waals surface area contributed by atoms with E-state index in [0.717, 1.165) is 0 Å². The molecule has 2 aromatic heterocycles. The fourth-order valence-corrected chi connectivity index (χ4v) is 3.63. The molecule has 1 amide bonds. The number of carbonyl (C=O) groups excluding carboxylic acids is 2. The fraction of sp³-hybridized carbons (Fsp3) is 0.150. The van der Waals surface area contributed by atoms with Crippen LogP contribution in [0.4, 0.5) is 10.8 Å². The molecule has 0 bridgehead atoms. The van der Waals surface area contributed by atoms with Crippen LogP contribution in [0, 0.1) is 0 Å². The van der Waals surface area contributed by atoms with Crippen molar-refractivity contribution < 1.29 is 23.5 Å². The van der Waals surface area contributed by atoms with Crippen LogP contribution in [-0.2, 0) is 20.9 Å². The second-order valence-electron chi connectivity index (χ2n) is 5.73. The molecule has 0 fully saturated rings. The highest BCUT2D eigenvalue weighted by Crippen LogP contribution is 2.35. The Morgan fingerprint density at radius 1 is 1.28 bits per heavy atom. The summed E-state index contributed by atoms with van der Waals surface area (Å²) in [7, 11) is 1.54. The van der Waals surface area contributed by atoms with Gasteiger partial charge in [0, 0.05) is 18.4 Å². The summed E-state index contributed by atoms with van der Waals surface area (Å²) >= 11 is 4.46. The van der Waals surface area contributed by atoms with Gasteiger partial charge in [-0.2, -0.15) is 0 Å². The first-order valence-electron chi connectivity index (χ1n) is 8.46. The number of anilines is 2. The summed E-state index contributed by atoms with van der Waals surface area (Å²) in [6.07, 6.45) is 2.79. The van der Waals surface area contributed by atoms with Gasteiger partial charge in [-0.25, -0.2) is 9.78 Å². The van der Waals surface area contributed by atoms with E-state index in [1.54, 1.807) is 36.8 Å². The number of esters is 1. The Labute approximate surface area is 179 Å². The number of methoxy groups -OCH3 is 1. The number of hydrogen-bond acceptors (Lipinski definition) is 7. The molecule has 2 heterocycles. The minimum absolute atomic E-state index is 0.0147. The van der Waals surface area contributed by atoms with Gasteiger partial charge in [-0.15, -0.1) is 11.3 Å². The highest BCUT2D eigenvalue weighted by atomic mass is 79.9. The maximum absolute atomic E-state index is 12.2. The molecular formula is C20H17BrN2O5S. The normalized spacial score (nSPS) is 10.9. The van der Waals surface area contributed by atoms with Crippen LogP contribution in [0.15, 0.2) is 56.9 Å². The minimum Gasteiger partial charge on any atom is -0.495 e. The quantitative estimate of drug-likeness (QED) is 0.354. The zero-order valence-electron chi connectivity index (χ0n) is 15.6. The number of aromatic nitrogens is 1. The van der Waals surface area contributed by atoms with Gasteiger partial charge in [0.2, 0.25) is 5.91 Å². The van der Waals surface area contributed by atoms with Gasteiger partial charge < -0.3 is 13.9 Å². The van der Waals surface area contributed by atoms with E-state index in [9.17, 15) is 9.59 Å². The van der Waals surface area contributed by atoms with Crippen LogP contribution in [0.25, 0.3) is 6.08 Å². The van der Waals surface area contributed by atoms with Crippen molar-refractivity contribution in [2.75, 3.05) is 12.0 Å². The summed E-state index contributed by atoms with van der Waals surface area (Å²) in [5.41, 5.74) is 1.13. The van der Waals surface area contributed by atoms with Crippen LogP contribution in [0.5, 0.6) is 5.75 Å². The van der Waals surface area contributed by atoms with Gasteiger partial charge in [0.15, 0.2) is 9.80 Å². The number of rotatable bonds is 7. The molecule has 0 saturated heterocycles. The zero-order valence-corrected chi connectivity index (χ0v) is 18.0. The fourth-order valence-electron chi connectivity index (χ4n) is 2.45. The molecule has 0 N–H and O–H groups in total. The van der Waals surface area contributed by atoms with Gasteiger partial charge in [-0.1, -0.05) is 12.1 Å². The van der Waals surface area contributed by atoms with Crippen LogP contribution >= 0.6 is 27.3 Å². The molecule has 7 nitrogen and oxygen atoms in total. The first-order chi connectivity index (χ1) is 14.0. The van der Waals surface area contributed by atoms with Crippen molar-refractivity contribution in [3.8, 4) is 5.75 Å². The Kier molecular flexibility index (Phi) is 6.84. The van der Waals surface area contributed by atoms with Gasteiger partial charge in [0.05, 0.1) is 18.5 Å². The molecule has 0 aliphatic carbocycles. The standard InChI is InChI=1S/C20H17BrN2O5S/c1-13(24)23(16-5-3-4-6-17(16)26-2)20-22-14(12-29-20)11-27-19(25)10-8-15-7-9-18(21)28-15/h3-10,12H,11H2,1-2H3/b10-8+. The predicted molar refractivity (Wildman–Crippen MR) is 113 cm³/mol. The van der Waals surface area contributed by atoms with Gasteiger partial charge in [0.1, 0.15) is 18.1 Å². The Hall–Kier alpha value is -2.91. The lowest BCUT2D eigenvalue weighted by molar-refractivity contribution is -0.139. The number of para-hydroxylation sites is 2. The van der Waals surface area contributed by atoms with Crippen molar-refractivity contribution in [2.45, 2.75) is 13.5 Å². The average Bonchev–Trinajstić information content (AvgIpc) is 3.34. The molecule has 9 heteroatoms. The maximum Gasteiger partial charge on any atom is 0.331 e. The van der Waals surface area contributed by atoms with Crippen LogP contribution in [0.1, 0.15) is 18.4 Å². The summed E-state index contributed by atoms with van der Waals surface area (Å²) in [5.74, 6) is 0.347. The number of ether oxygens (including phenoxy) is 2. The minimum atomic E-state index is -0.528. The molecule has 3 aromatic rings. The second-order valence-corrected chi connectivity index (χ2v) is 7.35. The highest BCUT2D eigenvalue weighted by Gasteiger charge is 2.21. The lowest BCUT2D eigenvalue weighted by Gasteiger charge is -2.20. The first-order valence-corrected chi connectivity index (χ1v) is 10.1. The molecule has 0 atom stereocenters. The van der Waals surface area contributed by atoms with Crippen molar-refractivity contribution >= 4 is 56.0 Å². The van der Waals surface area contributed by atoms with Gasteiger partial charge in [0.25, 0.3) is 0 Å². The number of carbonyl (C=O) groups is 2. The molecule has 0 saturated carbocycles. The predicted octanol–water partition coefficient (Wildman–Crippen LogP) is 4.95. The van der Waals surface area contributed by atoms with Gasteiger partial charge in [-0.3, -0.25) is 9.69 Å². The van der Waals surface area contributed by atoms with Crippen molar-refractivity contribution in [1.82, 2.24) is 4.98 Å². The zero-order chi connectivity index (χ0) is 20.8. The summed E-state index contributed by atoms with van der Waals surface area (Å²) in [4.78, 5) is 30.0. The summed E-state index contributed by atoms with van der Waals surface area (Å²) in [6.45, 7) is 1.44. The van der Waals surface area contributed by atoms with Crippen LogP contribution < -0.4 is 9.64 Å².